The van der Waals surface area contributed by atoms with Crippen molar-refractivity contribution >= 4 is 44.1 Å². The molecule has 6 aromatic rings. The third kappa shape index (κ3) is 8.16. The lowest BCUT2D eigenvalue weighted by Gasteiger charge is -2.23. The zero-order valence-electron chi connectivity index (χ0n) is 28.0. The van der Waals surface area contributed by atoms with Crippen molar-refractivity contribution in [2.75, 3.05) is 19.5 Å². The Balaban J connectivity index is 1.42. The maximum absolute atomic E-state index is 14.9. The summed E-state index contributed by atoms with van der Waals surface area (Å²) in [5.41, 5.74) is 5.10. The van der Waals surface area contributed by atoms with Gasteiger partial charge in [-0.05, 0) is 71.6 Å². The van der Waals surface area contributed by atoms with Gasteiger partial charge in [0.25, 0.3) is 0 Å². The van der Waals surface area contributed by atoms with Gasteiger partial charge < -0.3 is 14.8 Å². The number of halogens is 1. The maximum atomic E-state index is 14.9. The molecule has 0 atom stereocenters. The summed E-state index contributed by atoms with van der Waals surface area (Å²) in [6.07, 6.45) is 1.76. The second-order valence-electron chi connectivity index (χ2n) is 12.0. The Kier molecular flexibility index (Phi) is 10.5. The summed E-state index contributed by atoms with van der Waals surface area (Å²) >= 11 is 6.32. The van der Waals surface area contributed by atoms with Crippen LogP contribution >= 0.6 is 11.6 Å². The van der Waals surface area contributed by atoms with Gasteiger partial charge in [-0.1, -0.05) is 83.9 Å². The number of aryl methyl sites for hydroxylation is 1. The average molecular weight is 709 g/mol. The molecule has 11 heteroatoms. The Bertz CT molecular complexity index is 2170. The van der Waals surface area contributed by atoms with Gasteiger partial charge in [0, 0.05) is 35.4 Å². The molecule has 0 fully saturated rings. The Morgan fingerprint density at radius 2 is 1.40 bits per heavy atom. The number of rotatable bonds is 13. The number of hydrogen-bond acceptors (Lipinski definition) is 6. The number of methoxy groups -OCH3 is 2. The Morgan fingerprint density at radius 3 is 1.98 bits per heavy atom. The lowest BCUT2D eigenvalue weighted by atomic mass is 10.1. The molecule has 256 valence electrons. The van der Waals surface area contributed by atoms with E-state index in [4.69, 9.17) is 26.2 Å². The molecule has 0 saturated heterocycles. The predicted molar refractivity (Wildman–Crippen MR) is 196 cm³/mol. The maximum Gasteiger partial charge on any atom is 0.244 e. The summed E-state index contributed by atoms with van der Waals surface area (Å²) in [7, 11) is -1.03. The lowest BCUT2D eigenvalue weighted by Crippen LogP contribution is -2.30. The zero-order valence-corrected chi connectivity index (χ0v) is 29.5. The summed E-state index contributed by atoms with van der Waals surface area (Å²) in [5, 5.41) is 8.58. The number of aromatic nitrogens is 2. The largest absolute Gasteiger partial charge is 0.497 e. The molecular weight excluding hydrogens is 672 g/mol. The molecule has 0 aliphatic carbocycles. The smallest absolute Gasteiger partial charge is 0.244 e. The molecule has 50 heavy (non-hydrogen) atoms. The normalized spacial score (nSPS) is 11.5. The molecule has 6 rings (SSSR count). The number of amides is 1. The number of sulfonamides is 1. The lowest BCUT2D eigenvalue weighted by molar-refractivity contribution is -0.115. The van der Waals surface area contributed by atoms with Gasteiger partial charge in [0.2, 0.25) is 15.9 Å². The van der Waals surface area contributed by atoms with E-state index in [2.05, 4.69) is 5.32 Å². The van der Waals surface area contributed by atoms with Crippen molar-refractivity contribution in [1.82, 2.24) is 14.1 Å². The van der Waals surface area contributed by atoms with Crippen molar-refractivity contribution in [1.29, 1.82) is 0 Å². The number of fused-ring (bicyclic) bond motifs is 1. The molecule has 0 saturated carbocycles. The Labute approximate surface area is 297 Å². The molecule has 1 amide bonds. The number of carbonyl (C=O) groups is 1. The van der Waals surface area contributed by atoms with Crippen LogP contribution in [0.25, 0.3) is 10.9 Å². The molecule has 0 aliphatic heterocycles. The molecule has 0 aliphatic rings. The van der Waals surface area contributed by atoms with Gasteiger partial charge in [-0.25, -0.2) is 8.42 Å². The minimum atomic E-state index is -4.20. The van der Waals surface area contributed by atoms with Crippen molar-refractivity contribution in [3.8, 4) is 11.5 Å². The first-order valence-corrected chi connectivity index (χ1v) is 17.8. The minimum absolute atomic E-state index is 0.0166. The van der Waals surface area contributed by atoms with E-state index in [1.807, 2.05) is 61.5 Å². The van der Waals surface area contributed by atoms with E-state index in [1.54, 1.807) is 73.6 Å². The quantitative estimate of drug-likeness (QED) is 0.132. The van der Waals surface area contributed by atoms with E-state index in [-0.39, 0.29) is 30.3 Å². The molecule has 0 unspecified atom stereocenters. The van der Waals surface area contributed by atoms with Crippen LogP contribution in [0.5, 0.6) is 11.5 Å². The number of nitrogens with zero attached hydrogens (tertiary/aromatic N) is 3. The monoisotopic (exact) mass is 708 g/mol. The van der Waals surface area contributed by atoms with E-state index in [0.717, 1.165) is 22.3 Å². The molecule has 0 bridgehead atoms. The van der Waals surface area contributed by atoms with Crippen LogP contribution in [0.1, 0.15) is 27.8 Å². The van der Waals surface area contributed by atoms with Gasteiger partial charge in [0.05, 0.1) is 37.6 Å². The highest BCUT2D eigenvalue weighted by molar-refractivity contribution is 7.89. The number of nitrogens with one attached hydrogen (secondary N) is 1. The zero-order chi connectivity index (χ0) is 35.3. The summed E-state index contributed by atoms with van der Waals surface area (Å²) in [6.45, 7) is 2.62. The van der Waals surface area contributed by atoms with Crippen LogP contribution in [0.2, 0.25) is 5.02 Å². The van der Waals surface area contributed by atoms with Gasteiger partial charge in [0.1, 0.15) is 11.5 Å². The van der Waals surface area contributed by atoms with Crippen LogP contribution in [-0.2, 0) is 40.9 Å². The SMILES string of the molecule is COc1ccc(CN(Cc2ccc(OC)cc2)S(=O)(=O)c2cc(NC(=O)Cc3ccccc3Cl)cc3nn(Cc4ccc(C)cc4)cc23)cc1. The van der Waals surface area contributed by atoms with Crippen molar-refractivity contribution in [2.24, 2.45) is 0 Å². The molecule has 9 nitrogen and oxygen atoms in total. The summed E-state index contributed by atoms with van der Waals surface area (Å²) < 4.78 is 43.6. The van der Waals surface area contributed by atoms with Crippen LogP contribution in [0.4, 0.5) is 5.69 Å². The molecule has 1 N–H and O–H groups in total. The molecule has 0 spiro atoms. The van der Waals surface area contributed by atoms with Crippen LogP contribution in [-0.4, -0.2) is 42.6 Å². The van der Waals surface area contributed by atoms with E-state index < -0.39 is 10.0 Å². The summed E-state index contributed by atoms with van der Waals surface area (Å²) in [6, 6.07) is 33.0. The molecular formula is C39H37ClN4O5S. The highest BCUT2D eigenvalue weighted by Crippen LogP contribution is 2.32. The van der Waals surface area contributed by atoms with E-state index >= 15 is 0 Å². The first-order chi connectivity index (χ1) is 24.1. The topological polar surface area (TPSA) is 103 Å². The van der Waals surface area contributed by atoms with Gasteiger partial charge >= 0.3 is 0 Å². The highest BCUT2D eigenvalue weighted by atomic mass is 35.5. The van der Waals surface area contributed by atoms with Gasteiger partial charge in [0.15, 0.2) is 0 Å². The average Bonchev–Trinajstić information content (AvgIpc) is 3.52. The molecule has 1 aromatic heterocycles. The minimum Gasteiger partial charge on any atom is -0.497 e. The second kappa shape index (κ2) is 15.2. The van der Waals surface area contributed by atoms with E-state index in [1.165, 1.54) is 10.4 Å². The summed E-state index contributed by atoms with van der Waals surface area (Å²) in [5.74, 6) is 0.996. The van der Waals surface area contributed by atoms with Crippen molar-refractivity contribution in [3.63, 3.8) is 0 Å². The number of anilines is 1. The third-order valence-corrected chi connectivity index (χ3v) is 10.5. The predicted octanol–water partition coefficient (Wildman–Crippen LogP) is 7.64. The number of hydrogen-bond donors (Lipinski definition) is 1. The first kappa shape index (κ1) is 34.7. The van der Waals surface area contributed by atoms with Crippen molar-refractivity contribution < 1.29 is 22.7 Å². The standard InChI is InChI=1S/C39H37ClN4O5S/c1-27-8-10-28(11-9-27)23-43-26-35-37(42-43)21-32(41-39(45)20-31-6-4-5-7-36(31)40)22-38(35)50(46,47)44(24-29-12-16-33(48-2)17-13-29)25-30-14-18-34(49-3)19-15-30/h4-19,21-22,26H,20,23-25H2,1-3H3,(H,41,45). The third-order valence-electron chi connectivity index (χ3n) is 8.35. The van der Waals surface area contributed by atoms with E-state index in [9.17, 15) is 13.2 Å². The number of carbonyl (C=O) groups excluding carboxylic acids is 1. The van der Waals surface area contributed by atoms with Crippen molar-refractivity contribution in [2.45, 2.75) is 37.9 Å². The van der Waals surface area contributed by atoms with Crippen LogP contribution in [0, 0.1) is 6.92 Å². The van der Waals surface area contributed by atoms with Gasteiger partial charge in [-0.15, -0.1) is 0 Å². The van der Waals surface area contributed by atoms with Crippen LogP contribution in [0.3, 0.4) is 0 Å². The highest BCUT2D eigenvalue weighted by Gasteiger charge is 2.29. The molecule has 0 radical (unpaired) electrons. The van der Waals surface area contributed by atoms with Gasteiger partial charge in [-0.3, -0.25) is 9.48 Å². The van der Waals surface area contributed by atoms with Crippen molar-refractivity contribution in [3.05, 3.63) is 148 Å². The van der Waals surface area contributed by atoms with Gasteiger partial charge in [-0.2, -0.15) is 9.40 Å². The molecule has 5 aromatic carbocycles. The van der Waals surface area contributed by atoms with E-state index in [0.29, 0.717) is 45.2 Å². The Morgan fingerprint density at radius 1 is 0.820 bits per heavy atom. The summed E-state index contributed by atoms with van der Waals surface area (Å²) in [4.78, 5) is 13.3. The second-order valence-corrected chi connectivity index (χ2v) is 14.3. The Hall–Kier alpha value is -5.16. The fraction of sp³-hybridized carbons (Fsp3) is 0.179. The fourth-order valence-corrected chi connectivity index (χ4v) is 7.47. The first-order valence-electron chi connectivity index (χ1n) is 16.0. The van der Waals surface area contributed by atoms with Crippen LogP contribution < -0.4 is 14.8 Å². The van der Waals surface area contributed by atoms with Crippen LogP contribution in [0.15, 0.2) is 120 Å². The molecule has 1 heterocycles. The number of ether oxygens (including phenoxy) is 2. The fourth-order valence-electron chi connectivity index (χ4n) is 5.64. The number of benzene rings is 5.